The van der Waals surface area contributed by atoms with E-state index in [1.807, 2.05) is 0 Å². The molecule has 0 nitrogen and oxygen atoms in total. The van der Waals surface area contributed by atoms with Crippen molar-refractivity contribution in [1.82, 2.24) is 0 Å². The first-order chi connectivity index (χ1) is 6.84. The van der Waals surface area contributed by atoms with Gasteiger partial charge in [-0.2, -0.15) is 0 Å². The van der Waals surface area contributed by atoms with Gasteiger partial charge in [0, 0.05) is 0 Å². The van der Waals surface area contributed by atoms with Crippen LogP contribution in [0, 0.1) is 0 Å². The molecular formula is C13H20BrP. The lowest BCUT2D eigenvalue weighted by Gasteiger charge is -1.98. The molecule has 0 saturated heterocycles. The van der Waals surface area contributed by atoms with Gasteiger partial charge in [-0.15, -0.1) is 26.2 Å². The van der Waals surface area contributed by atoms with Gasteiger partial charge in [-0.25, -0.2) is 0 Å². The third kappa shape index (κ3) is 6.12. The number of rotatable bonds is 5. The predicted octanol–water partition coefficient (Wildman–Crippen LogP) is 4.36. The zero-order valence-electron chi connectivity index (χ0n) is 9.28. The zero-order valence-corrected chi connectivity index (χ0v) is 12.1. The van der Waals surface area contributed by atoms with Crippen molar-refractivity contribution in [2.45, 2.75) is 32.6 Å². The molecule has 1 aromatic carbocycles. The van der Waals surface area contributed by atoms with Gasteiger partial charge in [0.15, 0.2) is 0 Å². The molecule has 0 aliphatic heterocycles. The van der Waals surface area contributed by atoms with Gasteiger partial charge in [0.05, 0.1) is 0 Å². The quantitative estimate of drug-likeness (QED) is 0.557. The van der Waals surface area contributed by atoms with Crippen molar-refractivity contribution >= 4 is 37.6 Å². The Kier molecular flexibility index (Phi) is 9.04. The normalized spacial score (nSPS) is 10.3. The van der Waals surface area contributed by atoms with Gasteiger partial charge >= 0.3 is 0 Å². The second-order valence-electron chi connectivity index (χ2n) is 3.53. The van der Waals surface area contributed by atoms with Gasteiger partial charge in [0.2, 0.25) is 0 Å². The van der Waals surface area contributed by atoms with Crippen LogP contribution in [0.3, 0.4) is 0 Å². The van der Waals surface area contributed by atoms with Crippen LogP contribution >= 0.6 is 26.2 Å². The summed E-state index contributed by atoms with van der Waals surface area (Å²) < 4.78 is 0. The first-order valence-electron chi connectivity index (χ1n) is 5.35. The minimum atomic E-state index is 0. The van der Waals surface area contributed by atoms with E-state index in [0.29, 0.717) is 0 Å². The monoisotopic (exact) mass is 286 g/mol. The fraction of sp³-hybridized carbons (Fsp3) is 0.385. The average molecular weight is 287 g/mol. The standard InChI is InChI=1S/C13H19P.BrH/c1-2-3-4-5-6-9-12-10-7-8-11-13(12)14;/h6-11H,2-5,14H2,1H3;1H. The van der Waals surface area contributed by atoms with E-state index in [-0.39, 0.29) is 17.0 Å². The van der Waals surface area contributed by atoms with Crippen LogP contribution in [0.5, 0.6) is 0 Å². The van der Waals surface area contributed by atoms with Crippen molar-refractivity contribution < 1.29 is 0 Å². The summed E-state index contributed by atoms with van der Waals surface area (Å²) in [5.41, 5.74) is 1.31. The largest absolute Gasteiger partial charge is 0.114 e. The zero-order chi connectivity index (χ0) is 10.2. The van der Waals surface area contributed by atoms with Gasteiger partial charge in [-0.3, -0.25) is 0 Å². The van der Waals surface area contributed by atoms with E-state index in [1.54, 1.807) is 0 Å². The lowest BCUT2D eigenvalue weighted by Crippen LogP contribution is -1.93. The van der Waals surface area contributed by atoms with Crippen molar-refractivity contribution in [3.8, 4) is 0 Å². The van der Waals surface area contributed by atoms with Gasteiger partial charge in [0.25, 0.3) is 0 Å². The molecule has 0 bridgehead atoms. The number of halogens is 1. The Bertz CT molecular complexity index is 294. The Morgan fingerprint density at radius 2 is 1.93 bits per heavy atom. The van der Waals surface area contributed by atoms with Crippen LogP contribution in [0.25, 0.3) is 6.08 Å². The highest BCUT2D eigenvalue weighted by atomic mass is 79.9. The predicted molar refractivity (Wildman–Crippen MR) is 79.3 cm³/mol. The third-order valence-corrected chi connectivity index (χ3v) is 2.79. The fourth-order valence-electron chi connectivity index (χ4n) is 1.39. The molecule has 15 heavy (non-hydrogen) atoms. The SMILES string of the molecule is Br.CCCCCC=Cc1ccccc1P. The maximum atomic E-state index is 2.77. The second kappa shape index (κ2) is 9.12. The first kappa shape index (κ1) is 14.9. The molecule has 1 atom stereocenters. The van der Waals surface area contributed by atoms with Crippen molar-refractivity contribution in [1.29, 1.82) is 0 Å². The van der Waals surface area contributed by atoms with E-state index in [2.05, 4.69) is 52.6 Å². The second-order valence-corrected chi connectivity index (χ2v) is 4.15. The molecule has 0 aliphatic carbocycles. The molecule has 2 heteroatoms. The smallest absolute Gasteiger partial charge is 0.0188 e. The molecule has 0 N–H and O–H groups in total. The summed E-state index contributed by atoms with van der Waals surface area (Å²) in [4.78, 5) is 0. The van der Waals surface area contributed by atoms with E-state index < -0.39 is 0 Å². The molecule has 0 fully saturated rings. The van der Waals surface area contributed by atoms with Crippen LogP contribution in [-0.4, -0.2) is 0 Å². The molecule has 0 spiro atoms. The van der Waals surface area contributed by atoms with Gasteiger partial charge in [-0.1, -0.05) is 56.2 Å². The number of unbranched alkanes of at least 4 members (excludes halogenated alkanes) is 3. The highest BCUT2D eigenvalue weighted by molar-refractivity contribution is 8.93. The molecule has 1 rings (SSSR count). The Morgan fingerprint density at radius 3 is 2.60 bits per heavy atom. The Hall–Kier alpha value is -0.130. The van der Waals surface area contributed by atoms with Gasteiger partial charge in [0.1, 0.15) is 0 Å². The van der Waals surface area contributed by atoms with Crippen LogP contribution in [0.4, 0.5) is 0 Å². The summed E-state index contributed by atoms with van der Waals surface area (Å²) in [6.45, 7) is 2.24. The summed E-state index contributed by atoms with van der Waals surface area (Å²) in [5.74, 6) is 0. The van der Waals surface area contributed by atoms with Crippen LogP contribution in [0.2, 0.25) is 0 Å². The van der Waals surface area contributed by atoms with Crippen molar-refractivity contribution in [2.24, 2.45) is 0 Å². The summed E-state index contributed by atoms with van der Waals surface area (Å²) >= 11 is 0. The van der Waals surface area contributed by atoms with E-state index in [1.165, 1.54) is 36.6 Å². The summed E-state index contributed by atoms with van der Waals surface area (Å²) in [5, 5.41) is 1.28. The summed E-state index contributed by atoms with van der Waals surface area (Å²) in [6, 6.07) is 8.42. The minimum Gasteiger partial charge on any atom is -0.114 e. The topological polar surface area (TPSA) is 0 Å². The Morgan fingerprint density at radius 1 is 1.20 bits per heavy atom. The van der Waals surface area contributed by atoms with Crippen LogP contribution in [0.1, 0.15) is 38.2 Å². The lowest BCUT2D eigenvalue weighted by atomic mass is 10.1. The highest BCUT2D eigenvalue weighted by Crippen LogP contribution is 2.06. The van der Waals surface area contributed by atoms with Crippen molar-refractivity contribution in [3.63, 3.8) is 0 Å². The number of benzene rings is 1. The Labute approximate surface area is 106 Å². The number of allylic oxidation sites excluding steroid dienone is 1. The Balaban J connectivity index is 0.00000196. The molecule has 84 valence electrons. The van der Waals surface area contributed by atoms with E-state index in [4.69, 9.17) is 0 Å². The summed E-state index contributed by atoms with van der Waals surface area (Å²) in [6.07, 6.45) is 9.65. The molecule has 0 aliphatic rings. The molecular weight excluding hydrogens is 267 g/mol. The van der Waals surface area contributed by atoms with E-state index in [0.717, 1.165) is 0 Å². The molecule has 0 saturated carbocycles. The molecule has 0 heterocycles. The highest BCUT2D eigenvalue weighted by Gasteiger charge is 1.90. The van der Waals surface area contributed by atoms with E-state index >= 15 is 0 Å². The molecule has 1 aromatic rings. The molecule has 0 radical (unpaired) electrons. The van der Waals surface area contributed by atoms with Crippen LogP contribution < -0.4 is 5.30 Å². The van der Waals surface area contributed by atoms with Crippen molar-refractivity contribution in [2.75, 3.05) is 0 Å². The first-order valence-corrected chi connectivity index (χ1v) is 5.93. The van der Waals surface area contributed by atoms with Gasteiger partial charge < -0.3 is 0 Å². The minimum absolute atomic E-state index is 0. The van der Waals surface area contributed by atoms with Crippen molar-refractivity contribution in [3.05, 3.63) is 35.9 Å². The van der Waals surface area contributed by atoms with Gasteiger partial charge in [-0.05, 0) is 23.7 Å². The third-order valence-electron chi connectivity index (χ3n) is 2.27. The van der Waals surface area contributed by atoms with Crippen LogP contribution in [-0.2, 0) is 0 Å². The average Bonchev–Trinajstić information content (AvgIpc) is 2.20. The maximum Gasteiger partial charge on any atom is -0.0188 e. The number of hydrogen-bond donors (Lipinski definition) is 0. The van der Waals surface area contributed by atoms with Crippen LogP contribution in [0.15, 0.2) is 30.3 Å². The van der Waals surface area contributed by atoms with E-state index in [9.17, 15) is 0 Å². The number of hydrogen-bond acceptors (Lipinski definition) is 0. The fourth-order valence-corrected chi connectivity index (χ4v) is 1.69. The molecule has 0 amide bonds. The molecule has 1 unspecified atom stereocenters. The maximum absolute atomic E-state index is 2.77. The lowest BCUT2D eigenvalue weighted by molar-refractivity contribution is 0.730. The summed E-state index contributed by atoms with van der Waals surface area (Å²) in [7, 11) is 2.77. The molecule has 0 aromatic heterocycles.